The van der Waals surface area contributed by atoms with Gasteiger partial charge in [0, 0.05) is 42.7 Å². The molecule has 0 atom stereocenters. The average molecular weight is 389 g/mol. The number of nitrogens with zero attached hydrogens (tertiary/aromatic N) is 3. The van der Waals surface area contributed by atoms with E-state index in [1.54, 1.807) is 18.2 Å². The number of nitro groups is 2. The van der Waals surface area contributed by atoms with Crippen LogP contribution in [0.1, 0.15) is 42.5 Å². The zero-order valence-electron chi connectivity index (χ0n) is 15.1. The van der Waals surface area contributed by atoms with Crippen LogP contribution in [0.5, 0.6) is 0 Å². The first-order valence-corrected chi connectivity index (χ1v) is 10.0. The Balaban J connectivity index is 1.74. The minimum Gasteiger partial charge on any atom is -0.294 e. The molecule has 3 rings (SSSR count). The molecular formula is C19H23N3O4S. The summed E-state index contributed by atoms with van der Waals surface area (Å²) in [7, 11) is 0. The SMILES string of the molecule is O=[N+]([O-])c1cccc(CN(Cc2ccc([N+](=O)[O-])s2)CC2CCCCC2)c1. The highest BCUT2D eigenvalue weighted by Crippen LogP contribution is 2.29. The van der Waals surface area contributed by atoms with Crippen LogP contribution in [0.25, 0.3) is 0 Å². The van der Waals surface area contributed by atoms with Crippen LogP contribution >= 0.6 is 11.3 Å². The molecule has 0 amide bonds. The third-order valence-corrected chi connectivity index (χ3v) is 6.00. The third kappa shape index (κ3) is 5.58. The molecule has 1 aromatic carbocycles. The standard InChI is InChI=1S/C19H23N3O4S/c23-21(24)17-8-4-7-16(11-17)13-20(12-15-5-2-1-3-6-15)14-18-9-10-19(27-18)22(25)26/h4,7-11,15H,1-3,5-6,12-14H2. The van der Waals surface area contributed by atoms with E-state index in [1.807, 2.05) is 12.1 Å². The number of hydrogen-bond acceptors (Lipinski definition) is 6. The predicted octanol–water partition coefficient (Wildman–Crippen LogP) is 5.15. The van der Waals surface area contributed by atoms with Gasteiger partial charge in [0.05, 0.1) is 9.85 Å². The summed E-state index contributed by atoms with van der Waals surface area (Å²) < 4.78 is 0. The van der Waals surface area contributed by atoms with Crippen LogP contribution in [0.2, 0.25) is 0 Å². The lowest BCUT2D eigenvalue weighted by atomic mass is 9.89. The second kappa shape index (κ2) is 9.05. The lowest BCUT2D eigenvalue weighted by Gasteiger charge is -2.29. The van der Waals surface area contributed by atoms with Crippen molar-refractivity contribution in [2.75, 3.05) is 6.54 Å². The van der Waals surface area contributed by atoms with Crippen molar-refractivity contribution < 1.29 is 9.85 Å². The smallest absolute Gasteiger partial charge is 0.294 e. The number of thiophene rings is 1. The van der Waals surface area contributed by atoms with Crippen molar-refractivity contribution in [1.29, 1.82) is 0 Å². The Morgan fingerprint density at radius 1 is 1.00 bits per heavy atom. The molecule has 8 heteroatoms. The van der Waals surface area contributed by atoms with Gasteiger partial charge in [0.25, 0.3) is 5.69 Å². The summed E-state index contributed by atoms with van der Waals surface area (Å²) in [5.74, 6) is 0.618. The van der Waals surface area contributed by atoms with Gasteiger partial charge in [-0.1, -0.05) is 42.7 Å². The Hall–Kier alpha value is -2.32. The summed E-state index contributed by atoms with van der Waals surface area (Å²) in [6, 6.07) is 10.1. The lowest BCUT2D eigenvalue weighted by Crippen LogP contribution is -2.29. The van der Waals surface area contributed by atoms with E-state index in [1.165, 1.54) is 49.5 Å². The maximum atomic E-state index is 11.0. The quantitative estimate of drug-likeness (QED) is 0.460. The molecule has 0 saturated heterocycles. The van der Waals surface area contributed by atoms with Gasteiger partial charge in [0.15, 0.2) is 0 Å². The Labute approximate surface area is 161 Å². The van der Waals surface area contributed by atoms with Gasteiger partial charge < -0.3 is 0 Å². The van der Waals surface area contributed by atoms with Crippen molar-refractivity contribution in [2.24, 2.45) is 5.92 Å². The van der Waals surface area contributed by atoms with Gasteiger partial charge in [-0.25, -0.2) is 0 Å². The summed E-state index contributed by atoms with van der Waals surface area (Å²) >= 11 is 1.20. The molecule has 0 N–H and O–H groups in total. The van der Waals surface area contributed by atoms with Crippen molar-refractivity contribution in [2.45, 2.75) is 45.2 Å². The van der Waals surface area contributed by atoms with Gasteiger partial charge in [-0.05, 0) is 30.4 Å². The summed E-state index contributed by atoms with van der Waals surface area (Å²) in [5, 5.41) is 22.1. The highest BCUT2D eigenvalue weighted by molar-refractivity contribution is 7.15. The van der Waals surface area contributed by atoms with E-state index in [9.17, 15) is 20.2 Å². The van der Waals surface area contributed by atoms with Crippen LogP contribution in [0.15, 0.2) is 36.4 Å². The summed E-state index contributed by atoms with van der Waals surface area (Å²) in [5.41, 5.74) is 0.989. The maximum Gasteiger partial charge on any atom is 0.324 e. The van der Waals surface area contributed by atoms with E-state index in [0.717, 1.165) is 17.0 Å². The van der Waals surface area contributed by atoms with Crippen LogP contribution in [-0.2, 0) is 13.1 Å². The minimum atomic E-state index is -0.377. The van der Waals surface area contributed by atoms with E-state index in [4.69, 9.17) is 0 Å². The van der Waals surface area contributed by atoms with E-state index in [0.29, 0.717) is 19.0 Å². The Morgan fingerprint density at radius 2 is 1.78 bits per heavy atom. The zero-order chi connectivity index (χ0) is 19.2. The molecule has 1 aliphatic carbocycles. The molecule has 0 spiro atoms. The van der Waals surface area contributed by atoms with Crippen LogP contribution in [0, 0.1) is 26.1 Å². The van der Waals surface area contributed by atoms with Gasteiger partial charge in [0.2, 0.25) is 0 Å². The first kappa shape index (κ1) is 19.4. The lowest BCUT2D eigenvalue weighted by molar-refractivity contribution is -0.384. The summed E-state index contributed by atoms with van der Waals surface area (Å²) in [6.07, 6.45) is 6.20. The Kier molecular flexibility index (Phi) is 6.52. The molecule has 1 heterocycles. The van der Waals surface area contributed by atoms with Gasteiger partial charge in [0.1, 0.15) is 0 Å². The van der Waals surface area contributed by atoms with Crippen molar-refractivity contribution in [3.63, 3.8) is 0 Å². The zero-order valence-corrected chi connectivity index (χ0v) is 15.9. The van der Waals surface area contributed by atoms with E-state index in [2.05, 4.69) is 4.90 Å². The molecular weight excluding hydrogens is 366 g/mol. The van der Waals surface area contributed by atoms with Crippen molar-refractivity contribution >= 4 is 22.0 Å². The van der Waals surface area contributed by atoms with E-state index in [-0.39, 0.29) is 20.5 Å². The first-order valence-electron chi connectivity index (χ1n) is 9.20. The second-order valence-corrected chi connectivity index (χ2v) is 8.24. The van der Waals surface area contributed by atoms with Crippen molar-refractivity contribution in [3.05, 3.63) is 67.1 Å². The van der Waals surface area contributed by atoms with Gasteiger partial charge >= 0.3 is 5.00 Å². The predicted molar refractivity (Wildman–Crippen MR) is 105 cm³/mol. The molecule has 0 aliphatic heterocycles. The molecule has 2 aromatic rings. The minimum absolute atomic E-state index is 0.0943. The summed E-state index contributed by atoms with van der Waals surface area (Å²) in [6.45, 7) is 2.13. The largest absolute Gasteiger partial charge is 0.324 e. The van der Waals surface area contributed by atoms with Crippen LogP contribution in [-0.4, -0.2) is 21.3 Å². The van der Waals surface area contributed by atoms with Gasteiger partial charge in [-0.15, -0.1) is 0 Å². The second-order valence-electron chi connectivity index (χ2n) is 7.10. The van der Waals surface area contributed by atoms with Crippen LogP contribution in [0.3, 0.4) is 0 Å². The van der Waals surface area contributed by atoms with Crippen molar-refractivity contribution in [1.82, 2.24) is 4.90 Å². The number of non-ortho nitro benzene ring substituents is 1. The Bertz CT molecular complexity index is 802. The van der Waals surface area contributed by atoms with E-state index < -0.39 is 0 Å². The summed E-state index contributed by atoms with van der Waals surface area (Å²) in [4.78, 5) is 24.5. The van der Waals surface area contributed by atoms with Gasteiger partial charge in [-0.2, -0.15) is 0 Å². The fourth-order valence-electron chi connectivity index (χ4n) is 3.72. The molecule has 27 heavy (non-hydrogen) atoms. The number of benzene rings is 1. The topological polar surface area (TPSA) is 89.5 Å². The normalized spacial score (nSPS) is 15.1. The fraction of sp³-hybridized carbons (Fsp3) is 0.474. The van der Waals surface area contributed by atoms with Gasteiger partial charge in [-0.3, -0.25) is 25.1 Å². The number of rotatable bonds is 8. The highest BCUT2D eigenvalue weighted by atomic mass is 32.1. The van der Waals surface area contributed by atoms with Crippen molar-refractivity contribution in [3.8, 4) is 0 Å². The molecule has 1 saturated carbocycles. The molecule has 7 nitrogen and oxygen atoms in total. The average Bonchev–Trinajstić information content (AvgIpc) is 3.11. The molecule has 1 fully saturated rings. The highest BCUT2D eigenvalue weighted by Gasteiger charge is 2.20. The first-order chi connectivity index (χ1) is 13.0. The molecule has 1 aliphatic rings. The Morgan fingerprint density at radius 3 is 2.44 bits per heavy atom. The third-order valence-electron chi connectivity index (χ3n) is 4.98. The van der Waals surface area contributed by atoms with Crippen LogP contribution < -0.4 is 0 Å². The van der Waals surface area contributed by atoms with E-state index >= 15 is 0 Å². The fourth-order valence-corrected chi connectivity index (χ4v) is 4.58. The number of nitro benzene ring substituents is 1. The number of hydrogen-bond donors (Lipinski definition) is 0. The van der Waals surface area contributed by atoms with Crippen LogP contribution in [0.4, 0.5) is 10.7 Å². The maximum absolute atomic E-state index is 11.0. The molecule has 1 aromatic heterocycles. The molecule has 144 valence electrons. The molecule has 0 bridgehead atoms. The molecule has 0 unspecified atom stereocenters. The molecule has 0 radical (unpaired) electrons. The monoisotopic (exact) mass is 389 g/mol.